The highest BCUT2D eigenvalue weighted by Crippen LogP contribution is 2.21. The molecule has 1 rings (SSSR count). The van der Waals surface area contributed by atoms with Crippen LogP contribution in [0.5, 0.6) is 0 Å². The second-order valence-corrected chi connectivity index (χ2v) is 4.48. The highest BCUT2D eigenvalue weighted by molar-refractivity contribution is 6.00. The zero-order valence-corrected chi connectivity index (χ0v) is 10.6. The summed E-state index contributed by atoms with van der Waals surface area (Å²) in [4.78, 5) is 12.3. The van der Waals surface area contributed by atoms with E-state index in [1.807, 2.05) is 20.8 Å². The summed E-state index contributed by atoms with van der Waals surface area (Å²) in [6, 6.07) is 4.12. The van der Waals surface area contributed by atoms with E-state index in [9.17, 15) is 4.79 Å². The number of aryl methyl sites for hydroxylation is 3. The van der Waals surface area contributed by atoms with E-state index < -0.39 is 0 Å². The van der Waals surface area contributed by atoms with Crippen LogP contribution < -0.4 is 5.73 Å². The summed E-state index contributed by atoms with van der Waals surface area (Å²) >= 11 is 0. The number of hydrogen-bond donors (Lipinski definition) is 1. The molecular weight excluding hydrogens is 198 g/mol. The highest BCUT2D eigenvalue weighted by atomic mass is 16.1. The van der Waals surface area contributed by atoms with Crippen molar-refractivity contribution in [2.24, 2.45) is 11.7 Å². The van der Waals surface area contributed by atoms with Crippen LogP contribution in [0.2, 0.25) is 0 Å². The smallest absolute Gasteiger partial charge is 0.167 e. The SMILES string of the molecule is CCC(CN)C(=O)c1c(C)cc(C)cc1C. The maximum absolute atomic E-state index is 12.3. The molecule has 2 heteroatoms. The Hall–Kier alpha value is -1.15. The average Bonchev–Trinajstić information content (AvgIpc) is 2.17. The van der Waals surface area contributed by atoms with Crippen molar-refractivity contribution in [2.75, 3.05) is 6.54 Å². The van der Waals surface area contributed by atoms with E-state index in [1.54, 1.807) is 0 Å². The first-order valence-electron chi connectivity index (χ1n) is 5.83. The van der Waals surface area contributed by atoms with Crippen LogP contribution in [0.4, 0.5) is 0 Å². The standard InChI is InChI=1S/C14H21NO/c1-5-12(8-15)14(16)13-10(3)6-9(2)7-11(13)4/h6-7,12H,5,8,15H2,1-4H3. The molecule has 2 nitrogen and oxygen atoms in total. The minimum Gasteiger partial charge on any atom is -0.330 e. The van der Waals surface area contributed by atoms with Gasteiger partial charge in [-0.15, -0.1) is 0 Å². The molecule has 16 heavy (non-hydrogen) atoms. The number of ketones is 1. The molecule has 0 aliphatic carbocycles. The van der Waals surface area contributed by atoms with Crippen molar-refractivity contribution >= 4 is 5.78 Å². The number of carbonyl (C=O) groups excluding carboxylic acids is 1. The lowest BCUT2D eigenvalue weighted by Crippen LogP contribution is -2.24. The molecule has 1 atom stereocenters. The van der Waals surface area contributed by atoms with Crippen LogP contribution in [0.25, 0.3) is 0 Å². The van der Waals surface area contributed by atoms with Crippen LogP contribution in [-0.4, -0.2) is 12.3 Å². The van der Waals surface area contributed by atoms with E-state index in [4.69, 9.17) is 5.73 Å². The summed E-state index contributed by atoms with van der Waals surface area (Å²) in [6.07, 6.45) is 0.808. The first-order valence-corrected chi connectivity index (χ1v) is 5.83. The Morgan fingerprint density at radius 3 is 2.12 bits per heavy atom. The fourth-order valence-corrected chi connectivity index (χ4v) is 2.23. The van der Waals surface area contributed by atoms with Crippen molar-refractivity contribution < 1.29 is 4.79 Å². The van der Waals surface area contributed by atoms with Crippen molar-refractivity contribution in [2.45, 2.75) is 34.1 Å². The zero-order chi connectivity index (χ0) is 12.3. The van der Waals surface area contributed by atoms with Gasteiger partial charge in [-0.2, -0.15) is 0 Å². The maximum Gasteiger partial charge on any atom is 0.167 e. The Kier molecular flexibility index (Phi) is 4.25. The summed E-state index contributed by atoms with van der Waals surface area (Å²) in [5.74, 6) is 0.153. The predicted molar refractivity (Wildman–Crippen MR) is 67.8 cm³/mol. The molecule has 0 aliphatic heterocycles. The van der Waals surface area contributed by atoms with Crippen LogP contribution in [-0.2, 0) is 0 Å². The first kappa shape index (κ1) is 12.9. The molecule has 0 bridgehead atoms. The normalized spacial score (nSPS) is 12.6. The Bertz CT molecular complexity index is 369. The monoisotopic (exact) mass is 219 g/mol. The summed E-state index contributed by atoms with van der Waals surface area (Å²) in [7, 11) is 0. The van der Waals surface area contributed by atoms with Gasteiger partial charge >= 0.3 is 0 Å². The van der Waals surface area contributed by atoms with Crippen LogP contribution in [0, 0.1) is 26.7 Å². The Morgan fingerprint density at radius 2 is 1.75 bits per heavy atom. The Balaban J connectivity index is 3.18. The van der Waals surface area contributed by atoms with Gasteiger partial charge in [0.1, 0.15) is 0 Å². The van der Waals surface area contributed by atoms with Crippen molar-refractivity contribution in [3.63, 3.8) is 0 Å². The first-order chi connectivity index (χ1) is 7.51. The molecule has 2 N–H and O–H groups in total. The van der Waals surface area contributed by atoms with Gasteiger partial charge in [0, 0.05) is 18.0 Å². The number of hydrogen-bond acceptors (Lipinski definition) is 2. The van der Waals surface area contributed by atoms with Crippen molar-refractivity contribution in [1.29, 1.82) is 0 Å². The molecule has 88 valence electrons. The topological polar surface area (TPSA) is 43.1 Å². The molecule has 0 spiro atoms. The third kappa shape index (κ3) is 2.50. The van der Waals surface area contributed by atoms with Gasteiger partial charge in [-0.05, 0) is 38.3 Å². The molecular formula is C14H21NO. The quantitative estimate of drug-likeness (QED) is 0.791. The van der Waals surface area contributed by atoms with E-state index in [0.29, 0.717) is 6.54 Å². The van der Waals surface area contributed by atoms with Crippen LogP contribution in [0.3, 0.4) is 0 Å². The number of rotatable bonds is 4. The third-order valence-corrected chi connectivity index (χ3v) is 3.07. The van der Waals surface area contributed by atoms with Gasteiger partial charge in [-0.3, -0.25) is 4.79 Å². The van der Waals surface area contributed by atoms with E-state index in [1.165, 1.54) is 5.56 Å². The van der Waals surface area contributed by atoms with Gasteiger partial charge < -0.3 is 5.73 Å². The van der Waals surface area contributed by atoms with Crippen molar-refractivity contribution in [1.82, 2.24) is 0 Å². The minimum absolute atomic E-state index is 0.0416. The van der Waals surface area contributed by atoms with Gasteiger partial charge in [-0.25, -0.2) is 0 Å². The van der Waals surface area contributed by atoms with Gasteiger partial charge in [-0.1, -0.05) is 24.6 Å². The zero-order valence-electron chi connectivity index (χ0n) is 10.6. The van der Waals surface area contributed by atoms with E-state index in [0.717, 1.165) is 23.1 Å². The number of nitrogens with two attached hydrogens (primary N) is 1. The second-order valence-electron chi connectivity index (χ2n) is 4.48. The highest BCUT2D eigenvalue weighted by Gasteiger charge is 2.20. The van der Waals surface area contributed by atoms with Crippen LogP contribution >= 0.6 is 0 Å². The number of carbonyl (C=O) groups is 1. The summed E-state index contributed by atoms with van der Waals surface area (Å²) < 4.78 is 0. The molecule has 0 heterocycles. The fraction of sp³-hybridized carbons (Fsp3) is 0.500. The molecule has 0 saturated carbocycles. The lowest BCUT2D eigenvalue weighted by Gasteiger charge is -2.15. The largest absolute Gasteiger partial charge is 0.330 e. The Morgan fingerprint density at radius 1 is 1.25 bits per heavy atom. The minimum atomic E-state index is -0.0416. The second kappa shape index (κ2) is 5.26. The molecule has 0 aromatic heterocycles. The summed E-state index contributed by atoms with van der Waals surface area (Å²) in [5, 5.41) is 0. The van der Waals surface area contributed by atoms with E-state index in [2.05, 4.69) is 19.1 Å². The predicted octanol–water partition coefficient (Wildman–Crippen LogP) is 2.78. The van der Waals surface area contributed by atoms with Crippen LogP contribution in [0.15, 0.2) is 12.1 Å². The van der Waals surface area contributed by atoms with E-state index in [-0.39, 0.29) is 11.7 Å². The number of Topliss-reactive ketones (excluding diaryl/α,β-unsaturated/α-hetero) is 1. The molecule has 0 aliphatic rings. The molecule has 0 saturated heterocycles. The van der Waals surface area contributed by atoms with Gasteiger partial charge in [0.05, 0.1) is 0 Å². The van der Waals surface area contributed by atoms with Crippen LogP contribution in [0.1, 0.15) is 40.4 Å². The third-order valence-electron chi connectivity index (χ3n) is 3.07. The van der Waals surface area contributed by atoms with E-state index >= 15 is 0 Å². The molecule has 1 unspecified atom stereocenters. The molecule has 1 aromatic carbocycles. The Labute approximate surface area is 97.9 Å². The molecule has 1 aromatic rings. The lowest BCUT2D eigenvalue weighted by molar-refractivity contribution is 0.0920. The molecule has 0 fully saturated rings. The average molecular weight is 219 g/mol. The summed E-state index contributed by atoms with van der Waals surface area (Å²) in [6.45, 7) is 8.48. The number of benzene rings is 1. The molecule has 0 amide bonds. The van der Waals surface area contributed by atoms with Gasteiger partial charge in [0.25, 0.3) is 0 Å². The van der Waals surface area contributed by atoms with Crippen molar-refractivity contribution in [3.05, 3.63) is 34.4 Å². The fourth-order valence-electron chi connectivity index (χ4n) is 2.23. The molecule has 0 radical (unpaired) electrons. The maximum atomic E-state index is 12.3. The van der Waals surface area contributed by atoms with Gasteiger partial charge in [0.15, 0.2) is 5.78 Å². The van der Waals surface area contributed by atoms with Crippen molar-refractivity contribution in [3.8, 4) is 0 Å². The lowest BCUT2D eigenvalue weighted by atomic mass is 9.89. The van der Waals surface area contributed by atoms with Gasteiger partial charge in [0.2, 0.25) is 0 Å². The summed E-state index contributed by atoms with van der Waals surface area (Å²) in [5.41, 5.74) is 9.82.